The lowest BCUT2D eigenvalue weighted by Crippen LogP contribution is -2.46. The third-order valence-electron chi connectivity index (χ3n) is 4.52. The number of benzene rings is 1. The molecule has 1 fully saturated rings. The topological polar surface area (TPSA) is 96.6 Å². The number of aliphatic imine (C=N–C) groups is 1. The minimum atomic E-state index is -0.736. The quantitative estimate of drug-likeness (QED) is 0.527. The molecular weight excluding hydrogens is 336 g/mol. The van der Waals surface area contributed by atoms with Gasteiger partial charge in [-0.2, -0.15) is 0 Å². The van der Waals surface area contributed by atoms with Gasteiger partial charge in [-0.25, -0.2) is 0 Å². The van der Waals surface area contributed by atoms with E-state index < -0.39 is 16.7 Å². The monoisotopic (exact) mass is 364 g/mol. The largest absolute Gasteiger partial charge is 0.366 e. The zero-order chi connectivity index (χ0) is 18.2. The van der Waals surface area contributed by atoms with Gasteiger partial charge >= 0.3 is 0 Å². The van der Waals surface area contributed by atoms with Gasteiger partial charge in [-0.1, -0.05) is 25.5 Å². The number of carbonyl (C=O) groups excluding carboxylic acids is 1. The van der Waals surface area contributed by atoms with Crippen molar-refractivity contribution in [3.8, 4) is 0 Å². The summed E-state index contributed by atoms with van der Waals surface area (Å²) in [5, 5.41) is 6.98. The summed E-state index contributed by atoms with van der Waals surface area (Å²) in [7, 11) is 1.00. The van der Waals surface area contributed by atoms with Crippen molar-refractivity contribution >= 4 is 22.7 Å². The number of rotatable bonds is 6. The number of primary amides is 1. The number of amides is 1. The molecule has 1 aromatic carbocycles. The van der Waals surface area contributed by atoms with E-state index in [2.05, 4.69) is 15.6 Å². The van der Waals surface area contributed by atoms with Crippen molar-refractivity contribution < 1.29 is 9.00 Å². The first-order valence-corrected chi connectivity index (χ1v) is 10.1. The van der Waals surface area contributed by atoms with Crippen LogP contribution in [-0.4, -0.2) is 40.2 Å². The third kappa shape index (κ3) is 5.85. The molecule has 1 aliphatic rings. The summed E-state index contributed by atoms with van der Waals surface area (Å²) in [4.78, 5) is 15.5. The summed E-state index contributed by atoms with van der Waals surface area (Å²) < 4.78 is 12.1. The average Bonchev–Trinajstić information content (AvgIpc) is 2.64. The number of guanidine groups is 1. The molecule has 0 aliphatic heterocycles. The number of nitrogens with two attached hydrogens (primary N) is 1. The Bertz CT molecular complexity index is 648. The molecule has 2 rings (SSSR count). The molecule has 0 aromatic heterocycles. The van der Waals surface area contributed by atoms with E-state index in [0.29, 0.717) is 12.1 Å². The fourth-order valence-corrected chi connectivity index (χ4v) is 4.51. The molecular formula is C18H28N4O2S. The van der Waals surface area contributed by atoms with E-state index in [1.807, 2.05) is 19.1 Å². The summed E-state index contributed by atoms with van der Waals surface area (Å²) in [6, 6.07) is 7.53. The highest BCUT2D eigenvalue weighted by molar-refractivity contribution is 7.85. The Morgan fingerprint density at radius 3 is 2.88 bits per heavy atom. The molecule has 1 amide bonds. The smallest absolute Gasteiger partial charge is 0.248 e. The van der Waals surface area contributed by atoms with Gasteiger partial charge in [0.1, 0.15) is 0 Å². The fourth-order valence-electron chi connectivity index (χ4n) is 3.16. The van der Waals surface area contributed by atoms with Gasteiger partial charge in [-0.15, -0.1) is 0 Å². The van der Waals surface area contributed by atoms with Crippen molar-refractivity contribution in [2.24, 2.45) is 10.7 Å². The third-order valence-corrected chi connectivity index (χ3v) is 6.26. The summed E-state index contributed by atoms with van der Waals surface area (Å²) in [5.74, 6) is 1.01. The summed E-state index contributed by atoms with van der Waals surface area (Å²) in [6.45, 7) is 2.53. The number of hydrogen-bond acceptors (Lipinski definition) is 3. The van der Waals surface area contributed by atoms with Gasteiger partial charge in [-0.3, -0.25) is 14.0 Å². The van der Waals surface area contributed by atoms with Crippen LogP contribution in [0.5, 0.6) is 0 Å². The Morgan fingerprint density at radius 1 is 1.40 bits per heavy atom. The molecule has 0 radical (unpaired) electrons. The number of nitrogens with one attached hydrogen (secondary N) is 2. The van der Waals surface area contributed by atoms with Crippen LogP contribution in [0.25, 0.3) is 0 Å². The lowest BCUT2D eigenvalue weighted by Gasteiger charge is -2.30. The van der Waals surface area contributed by atoms with Crippen molar-refractivity contribution in [3.63, 3.8) is 0 Å². The minimum absolute atomic E-state index is 0.279. The molecule has 0 heterocycles. The van der Waals surface area contributed by atoms with Crippen molar-refractivity contribution in [2.75, 3.05) is 12.8 Å². The van der Waals surface area contributed by atoms with Crippen LogP contribution in [0.3, 0.4) is 0 Å². The normalized spacial score (nSPS) is 22.2. The Morgan fingerprint density at radius 2 is 2.20 bits per heavy atom. The average molecular weight is 365 g/mol. The van der Waals surface area contributed by atoms with Gasteiger partial charge in [0.15, 0.2) is 5.96 Å². The van der Waals surface area contributed by atoms with E-state index in [9.17, 15) is 9.00 Å². The standard InChI is InChI=1S/C18H28N4O2S/c1-3-25(24)16-9-5-8-15(11-16)22-18(20-2)21-12-13-6-4-7-14(10-13)17(19)23/h4,6-7,10,15-16H,3,5,8-9,11-12H2,1-2H3,(H2,19,23)(H2,20,21,22). The molecule has 7 heteroatoms. The van der Waals surface area contributed by atoms with Crippen LogP contribution in [0.1, 0.15) is 48.5 Å². The maximum atomic E-state index is 12.1. The van der Waals surface area contributed by atoms with E-state index >= 15 is 0 Å². The Labute approximate surface area is 152 Å². The molecule has 25 heavy (non-hydrogen) atoms. The van der Waals surface area contributed by atoms with Gasteiger partial charge in [0.05, 0.1) is 0 Å². The van der Waals surface area contributed by atoms with Gasteiger partial charge in [0.25, 0.3) is 0 Å². The van der Waals surface area contributed by atoms with Gasteiger partial charge < -0.3 is 16.4 Å². The van der Waals surface area contributed by atoms with Crippen LogP contribution in [0.15, 0.2) is 29.3 Å². The van der Waals surface area contributed by atoms with Crippen molar-refractivity contribution in [2.45, 2.75) is 50.4 Å². The summed E-state index contributed by atoms with van der Waals surface area (Å²) in [5.41, 5.74) is 6.78. The van der Waals surface area contributed by atoms with Crippen LogP contribution in [-0.2, 0) is 17.3 Å². The molecule has 3 unspecified atom stereocenters. The first-order chi connectivity index (χ1) is 12.0. The lowest BCUT2D eigenvalue weighted by molar-refractivity contribution is 0.1000. The van der Waals surface area contributed by atoms with Gasteiger partial charge in [0, 0.05) is 47.0 Å². The molecule has 138 valence electrons. The molecule has 3 atom stereocenters. The number of hydrogen-bond donors (Lipinski definition) is 3. The van der Waals surface area contributed by atoms with Crippen LogP contribution < -0.4 is 16.4 Å². The molecule has 0 bridgehead atoms. The van der Waals surface area contributed by atoms with Crippen molar-refractivity contribution in [1.82, 2.24) is 10.6 Å². The molecule has 0 spiro atoms. The first-order valence-electron chi connectivity index (χ1n) is 8.76. The maximum absolute atomic E-state index is 12.1. The van der Waals surface area contributed by atoms with Gasteiger partial charge in [0.2, 0.25) is 5.91 Å². The second-order valence-corrected chi connectivity index (χ2v) is 8.30. The van der Waals surface area contributed by atoms with E-state index in [1.165, 1.54) is 0 Å². The van der Waals surface area contributed by atoms with Gasteiger partial charge in [-0.05, 0) is 37.0 Å². The first kappa shape index (κ1) is 19.4. The Balaban J connectivity index is 1.89. The minimum Gasteiger partial charge on any atom is -0.366 e. The van der Waals surface area contributed by atoms with Crippen LogP contribution >= 0.6 is 0 Å². The highest BCUT2D eigenvalue weighted by Gasteiger charge is 2.25. The van der Waals surface area contributed by atoms with Crippen LogP contribution in [0, 0.1) is 0 Å². The molecule has 1 aromatic rings. The summed E-state index contributed by atoms with van der Waals surface area (Å²) in [6.07, 6.45) is 4.11. The molecule has 4 N–H and O–H groups in total. The SMILES string of the molecule is CCS(=O)C1CCCC(NC(=NC)NCc2cccc(C(N)=O)c2)C1. The van der Waals surface area contributed by atoms with Crippen molar-refractivity contribution in [3.05, 3.63) is 35.4 Å². The predicted octanol–water partition coefficient (Wildman–Crippen LogP) is 1.53. The lowest BCUT2D eigenvalue weighted by atomic mass is 9.95. The van der Waals surface area contributed by atoms with E-state index in [0.717, 1.165) is 43.0 Å². The second kappa shape index (κ2) is 9.56. The van der Waals surface area contributed by atoms with E-state index in [1.54, 1.807) is 19.2 Å². The second-order valence-electron chi connectivity index (χ2n) is 6.29. The number of nitrogens with zero attached hydrogens (tertiary/aromatic N) is 1. The molecule has 0 saturated heterocycles. The van der Waals surface area contributed by atoms with Crippen LogP contribution in [0.2, 0.25) is 0 Å². The van der Waals surface area contributed by atoms with Crippen LogP contribution in [0.4, 0.5) is 0 Å². The highest BCUT2D eigenvalue weighted by atomic mass is 32.2. The highest BCUT2D eigenvalue weighted by Crippen LogP contribution is 2.23. The zero-order valence-corrected chi connectivity index (χ0v) is 15.8. The number of carbonyl (C=O) groups is 1. The molecule has 1 saturated carbocycles. The van der Waals surface area contributed by atoms with Crippen molar-refractivity contribution in [1.29, 1.82) is 0 Å². The predicted molar refractivity (Wildman–Crippen MR) is 103 cm³/mol. The Hall–Kier alpha value is -1.89. The fraction of sp³-hybridized carbons (Fsp3) is 0.556. The zero-order valence-electron chi connectivity index (χ0n) is 15.0. The summed E-state index contributed by atoms with van der Waals surface area (Å²) >= 11 is 0. The molecule has 6 nitrogen and oxygen atoms in total. The molecule has 1 aliphatic carbocycles. The van der Waals surface area contributed by atoms with E-state index in [4.69, 9.17) is 5.73 Å². The Kier molecular flexibility index (Phi) is 7.43. The maximum Gasteiger partial charge on any atom is 0.248 e. The van der Waals surface area contributed by atoms with E-state index in [-0.39, 0.29) is 11.3 Å².